The SMILES string of the molecule is CC1(C)CC1CNC(=O)c1ccc(F)c(N)c1. The van der Waals surface area contributed by atoms with Crippen molar-refractivity contribution in [1.29, 1.82) is 0 Å². The van der Waals surface area contributed by atoms with Crippen LogP contribution in [0.1, 0.15) is 30.6 Å². The molecule has 3 nitrogen and oxygen atoms in total. The number of nitrogens with two attached hydrogens (primary N) is 1. The smallest absolute Gasteiger partial charge is 0.251 e. The summed E-state index contributed by atoms with van der Waals surface area (Å²) in [5, 5.41) is 2.85. The largest absolute Gasteiger partial charge is 0.396 e. The molecule has 1 saturated carbocycles. The Kier molecular flexibility index (Phi) is 2.81. The van der Waals surface area contributed by atoms with E-state index < -0.39 is 5.82 Å². The van der Waals surface area contributed by atoms with Crippen LogP contribution in [-0.4, -0.2) is 12.5 Å². The normalized spacial score (nSPS) is 21.0. The van der Waals surface area contributed by atoms with Gasteiger partial charge in [0.05, 0.1) is 5.69 Å². The summed E-state index contributed by atoms with van der Waals surface area (Å²) < 4.78 is 12.9. The van der Waals surface area contributed by atoms with Gasteiger partial charge in [0.15, 0.2) is 0 Å². The van der Waals surface area contributed by atoms with Gasteiger partial charge in [-0.15, -0.1) is 0 Å². The minimum absolute atomic E-state index is 0.00408. The van der Waals surface area contributed by atoms with Crippen molar-refractivity contribution in [1.82, 2.24) is 5.32 Å². The number of benzene rings is 1. The fourth-order valence-corrected chi connectivity index (χ4v) is 1.93. The van der Waals surface area contributed by atoms with Crippen LogP contribution in [0.3, 0.4) is 0 Å². The summed E-state index contributed by atoms with van der Waals surface area (Å²) in [5.41, 5.74) is 6.17. The molecule has 3 N–H and O–H groups in total. The lowest BCUT2D eigenvalue weighted by Crippen LogP contribution is -2.26. The van der Waals surface area contributed by atoms with Gasteiger partial charge in [0.2, 0.25) is 0 Å². The van der Waals surface area contributed by atoms with Crippen molar-refractivity contribution >= 4 is 11.6 Å². The third-order valence-corrected chi connectivity index (χ3v) is 3.48. The number of rotatable bonds is 3. The van der Waals surface area contributed by atoms with Crippen molar-refractivity contribution in [3.05, 3.63) is 29.6 Å². The van der Waals surface area contributed by atoms with Gasteiger partial charge in [-0.1, -0.05) is 13.8 Å². The Morgan fingerprint density at radius 1 is 1.59 bits per heavy atom. The van der Waals surface area contributed by atoms with Gasteiger partial charge < -0.3 is 11.1 Å². The van der Waals surface area contributed by atoms with Gasteiger partial charge in [-0.2, -0.15) is 0 Å². The van der Waals surface area contributed by atoms with Crippen molar-refractivity contribution in [3.8, 4) is 0 Å². The number of hydrogen-bond donors (Lipinski definition) is 2. The highest BCUT2D eigenvalue weighted by Gasteiger charge is 2.45. The maximum atomic E-state index is 12.9. The summed E-state index contributed by atoms with van der Waals surface area (Å²) >= 11 is 0. The fourth-order valence-electron chi connectivity index (χ4n) is 1.93. The first-order chi connectivity index (χ1) is 7.90. The molecule has 1 aliphatic carbocycles. The Morgan fingerprint density at radius 3 is 2.76 bits per heavy atom. The molecule has 1 atom stereocenters. The molecular formula is C13H17FN2O. The molecule has 1 aliphatic rings. The quantitative estimate of drug-likeness (QED) is 0.790. The minimum Gasteiger partial charge on any atom is -0.396 e. The van der Waals surface area contributed by atoms with E-state index in [0.717, 1.165) is 6.42 Å². The molecule has 1 fully saturated rings. The summed E-state index contributed by atoms with van der Waals surface area (Å²) in [6.07, 6.45) is 1.14. The molecule has 0 aromatic heterocycles. The Balaban J connectivity index is 1.93. The number of hydrogen-bond acceptors (Lipinski definition) is 2. The first-order valence-corrected chi connectivity index (χ1v) is 5.73. The predicted octanol–water partition coefficient (Wildman–Crippen LogP) is 2.18. The van der Waals surface area contributed by atoms with E-state index in [1.807, 2.05) is 0 Å². The molecule has 92 valence electrons. The molecule has 0 bridgehead atoms. The second-order valence-electron chi connectivity index (χ2n) is 5.34. The van der Waals surface area contributed by atoms with Crippen LogP contribution in [0.4, 0.5) is 10.1 Å². The molecule has 4 heteroatoms. The van der Waals surface area contributed by atoms with Crippen LogP contribution in [0.5, 0.6) is 0 Å². The van der Waals surface area contributed by atoms with Crippen LogP contribution in [0.25, 0.3) is 0 Å². The molecule has 0 heterocycles. The summed E-state index contributed by atoms with van der Waals surface area (Å²) in [6, 6.07) is 4.02. The van der Waals surface area contributed by atoms with E-state index in [4.69, 9.17) is 5.73 Å². The first kappa shape index (κ1) is 11.9. The average Bonchev–Trinajstić information content (AvgIpc) is 2.87. The van der Waals surface area contributed by atoms with Gasteiger partial charge in [-0.05, 0) is 36.0 Å². The van der Waals surface area contributed by atoms with Crippen molar-refractivity contribution < 1.29 is 9.18 Å². The molecule has 2 rings (SSSR count). The Labute approximate surface area is 100 Å². The van der Waals surface area contributed by atoms with Gasteiger partial charge in [0.25, 0.3) is 5.91 Å². The Morgan fingerprint density at radius 2 is 2.24 bits per heavy atom. The second-order valence-corrected chi connectivity index (χ2v) is 5.34. The topological polar surface area (TPSA) is 55.1 Å². The van der Waals surface area contributed by atoms with E-state index in [2.05, 4.69) is 19.2 Å². The highest BCUT2D eigenvalue weighted by atomic mass is 19.1. The van der Waals surface area contributed by atoms with Gasteiger partial charge in [0.1, 0.15) is 5.82 Å². The van der Waals surface area contributed by atoms with Gasteiger partial charge in [0, 0.05) is 12.1 Å². The Hall–Kier alpha value is -1.58. The monoisotopic (exact) mass is 236 g/mol. The van der Waals surface area contributed by atoms with Crippen LogP contribution in [0, 0.1) is 17.2 Å². The number of nitrogens with one attached hydrogen (secondary N) is 1. The maximum absolute atomic E-state index is 12.9. The average molecular weight is 236 g/mol. The number of amides is 1. The summed E-state index contributed by atoms with van der Waals surface area (Å²) in [4.78, 5) is 11.8. The number of anilines is 1. The van der Waals surface area contributed by atoms with Gasteiger partial charge in [-0.3, -0.25) is 4.79 Å². The fraction of sp³-hybridized carbons (Fsp3) is 0.462. The molecule has 1 amide bonds. The minimum atomic E-state index is -0.495. The molecule has 1 aromatic carbocycles. The number of carbonyl (C=O) groups is 1. The van der Waals surface area contributed by atoms with E-state index in [9.17, 15) is 9.18 Å². The van der Waals surface area contributed by atoms with E-state index in [-0.39, 0.29) is 11.6 Å². The Bertz CT molecular complexity index is 457. The molecule has 0 spiro atoms. The number of nitrogen functional groups attached to an aromatic ring is 1. The van der Waals surface area contributed by atoms with E-state index in [1.165, 1.54) is 18.2 Å². The summed E-state index contributed by atoms with van der Waals surface area (Å²) in [5.74, 6) is -0.145. The van der Waals surface area contributed by atoms with Gasteiger partial charge in [-0.25, -0.2) is 4.39 Å². The lowest BCUT2D eigenvalue weighted by atomic mass is 10.1. The number of carbonyl (C=O) groups excluding carboxylic acids is 1. The van der Waals surface area contributed by atoms with Crippen LogP contribution < -0.4 is 11.1 Å². The van der Waals surface area contributed by atoms with E-state index >= 15 is 0 Å². The maximum Gasteiger partial charge on any atom is 0.251 e. The first-order valence-electron chi connectivity index (χ1n) is 5.73. The zero-order valence-electron chi connectivity index (χ0n) is 10.1. The highest BCUT2D eigenvalue weighted by Crippen LogP contribution is 2.50. The third kappa shape index (κ3) is 2.57. The van der Waals surface area contributed by atoms with Crippen molar-refractivity contribution in [2.45, 2.75) is 20.3 Å². The molecule has 0 saturated heterocycles. The van der Waals surface area contributed by atoms with Crippen LogP contribution in [-0.2, 0) is 0 Å². The lowest BCUT2D eigenvalue weighted by Gasteiger charge is -2.07. The molecule has 17 heavy (non-hydrogen) atoms. The van der Waals surface area contributed by atoms with Crippen LogP contribution >= 0.6 is 0 Å². The van der Waals surface area contributed by atoms with E-state index in [0.29, 0.717) is 23.4 Å². The summed E-state index contributed by atoms with van der Waals surface area (Å²) in [7, 11) is 0. The van der Waals surface area contributed by atoms with Crippen molar-refractivity contribution in [2.24, 2.45) is 11.3 Å². The molecule has 1 aromatic rings. The predicted molar refractivity (Wildman–Crippen MR) is 65.0 cm³/mol. The van der Waals surface area contributed by atoms with E-state index in [1.54, 1.807) is 0 Å². The third-order valence-electron chi connectivity index (χ3n) is 3.48. The van der Waals surface area contributed by atoms with Crippen molar-refractivity contribution in [2.75, 3.05) is 12.3 Å². The van der Waals surface area contributed by atoms with Crippen molar-refractivity contribution in [3.63, 3.8) is 0 Å². The zero-order chi connectivity index (χ0) is 12.6. The van der Waals surface area contributed by atoms with Crippen LogP contribution in [0.2, 0.25) is 0 Å². The summed E-state index contributed by atoms with van der Waals surface area (Å²) in [6.45, 7) is 5.03. The molecule has 1 unspecified atom stereocenters. The molecule has 0 radical (unpaired) electrons. The number of halogens is 1. The second kappa shape index (κ2) is 4.02. The zero-order valence-corrected chi connectivity index (χ0v) is 10.1. The molecular weight excluding hydrogens is 219 g/mol. The highest BCUT2D eigenvalue weighted by molar-refractivity contribution is 5.95. The van der Waals surface area contributed by atoms with Gasteiger partial charge >= 0.3 is 0 Å². The molecule has 0 aliphatic heterocycles. The standard InChI is InChI=1S/C13H17FN2O/c1-13(2)6-9(13)7-16-12(17)8-3-4-10(14)11(15)5-8/h3-5,9H,6-7,15H2,1-2H3,(H,16,17). The lowest BCUT2D eigenvalue weighted by molar-refractivity contribution is 0.0950. The van der Waals surface area contributed by atoms with Crippen LogP contribution in [0.15, 0.2) is 18.2 Å².